The van der Waals surface area contributed by atoms with Crippen LogP contribution in [0.1, 0.15) is 87.2 Å². The zero-order valence-corrected chi connectivity index (χ0v) is 24.4. The quantitative estimate of drug-likeness (QED) is 0.157. The number of nitrogens with one attached hydrogen (secondary N) is 2. The van der Waals surface area contributed by atoms with Crippen molar-refractivity contribution >= 4 is 68.1 Å². The molecule has 1 aliphatic heterocycles. The molecule has 0 radical (unpaired) electrons. The molecule has 2 N–H and O–H groups in total. The molecule has 2 aromatic rings. The predicted octanol–water partition coefficient (Wildman–Crippen LogP) is 6.22. The highest BCUT2D eigenvalue weighted by atomic mass is 35.5. The summed E-state index contributed by atoms with van der Waals surface area (Å²) in [4.78, 5) is 39.9. The second-order valence-corrected chi connectivity index (χ2v) is 11.4. The van der Waals surface area contributed by atoms with Gasteiger partial charge in [0, 0.05) is 23.2 Å². The lowest BCUT2D eigenvalue weighted by molar-refractivity contribution is -0.147. The topological polar surface area (TPSA) is 87.7 Å². The van der Waals surface area contributed by atoms with Gasteiger partial charge in [-0.25, -0.2) is 0 Å². The molecule has 1 aromatic carbocycles. The SMILES string of the molecule is CCCCCCCCCCCCOC(=O)CC1C(=O)NCCN1C(=S)NC(=O)c1sc2ccccc2c1Cl. The summed E-state index contributed by atoms with van der Waals surface area (Å²) < 4.78 is 6.30. The van der Waals surface area contributed by atoms with Crippen molar-refractivity contribution in [1.82, 2.24) is 15.5 Å². The van der Waals surface area contributed by atoms with Crippen LogP contribution in [-0.2, 0) is 14.3 Å². The number of ether oxygens (including phenoxy) is 1. The summed E-state index contributed by atoms with van der Waals surface area (Å²) >= 11 is 13.2. The van der Waals surface area contributed by atoms with Gasteiger partial charge in [-0.05, 0) is 24.7 Å². The van der Waals surface area contributed by atoms with Crippen molar-refractivity contribution in [3.05, 3.63) is 34.2 Å². The lowest BCUT2D eigenvalue weighted by atomic mass is 10.1. The highest BCUT2D eigenvalue weighted by Gasteiger charge is 2.34. The third-order valence-corrected chi connectivity index (χ3v) is 8.68. The van der Waals surface area contributed by atoms with Crippen molar-refractivity contribution in [2.24, 2.45) is 0 Å². The average molecular weight is 580 g/mol. The monoisotopic (exact) mass is 579 g/mol. The number of hydrogen-bond acceptors (Lipinski definition) is 6. The van der Waals surface area contributed by atoms with Crippen molar-refractivity contribution in [2.75, 3.05) is 19.7 Å². The van der Waals surface area contributed by atoms with E-state index >= 15 is 0 Å². The van der Waals surface area contributed by atoms with Gasteiger partial charge in [0.15, 0.2) is 5.11 Å². The van der Waals surface area contributed by atoms with E-state index in [2.05, 4.69) is 17.6 Å². The van der Waals surface area contributed by atoms with E-state index in [0.29, 0.717) is 29.6 Å². The fourth-order valence-electron chi connectivity index (χ4n) is 4.54. The van der Waals surface area contributed by atoms with Crippen LogP contribution < -0.4 is 10.6 Å². The molecule has 2 heterocycles. The number of halogens is 1. The number of carbonyl (C=O) groups is 3. The van der Waals surface area contributed by atoms with Gasteiger partial charge in [0.1, 0.15) is 10.9 Å². The van der Waals surface area contributed by atoms with Crippen molar-refractivity contribution in [1.29, 1.82) is 0 Å². The Kier molecular flexibility index (Phi) is 12.8. The number of amides is 2. The lowest BCUT2D eigenvalue weighted by Crippen LogP contribution is -2.60. The molecule has 1 atom stereocenters. The maximum absolute atomic E-state index is 12.9. The number of piperazine rings is 1. The minimum absolute atomic E-state index is 0.0888. The Morgan fingerprint density at radius 1 is 1.11 bits per heavy atom. The van der Waals surface area contributed by atoms with E-state index in [4.69, 9.17) is 28.6 Å². The van der Waals surface area contributed by atoms with Crippen LogP contribution >= 0.6 is 35.2 Å². The second-order valence-electron chi connectivity index (χ2n) is 9.61. The zero-order chi connectivity index (χ0) is 27.3. The van der Waals surface area contributed by atoms with Crippen molar-refractivity contribution in [2.45, 2.75) is 83.6 Å². The van der Waals surface area contributed by atoms with Gasteiger partial charge in [0.25, 0.3) is 5.91 Å². The maximum Gasteiger partial charge on any atom is 0.308 e. The van der Waals surface area contributed by atoms with E-state index in [1.807, 2.05) is 24.3 Å². The number of nitrogens with zero attached hydrogens (tertiary/aromatic N) is 1. The number of rotatable bonds is 14. The van der Waals surface area contributed by atoms with E-state index in [9.17, 15) is 14.4 Å². The molecule has 1 aromatic heterocycles. The minimum Gasteiger partial charge on any atom is -0.466 e. The molecule has 1 fully saturated rings. The van der Waals surface area contributed by atoms with E-state index in [0.717, 1.165) is 29.3 Å². The number of thiocarbonyl (C=S) groups is 1. The van der Waals surface area contributed by atoms with Gasteiger partial charge in [-0.2, -0.15) is 0 Å². The number of benzene rings is 1. The maximum atomic E-state index is 12.9. The first kappa shape index (κ1) is 30.3. The predicted molar refractivity (Wildman–Crippen MR) is 158 cm³/mol. The highest BCUT2D eigenvalue weighted by molar-refractivity contribution is 7.80. The summed E-state index contributed by atoms with van der Waals surface area (Å²) in [5.74, 6) is -1.20. The molecule has 0 spiro atoms. The van der Waals surface area contributed by atoms with Crippen molar-refractivity contribution in [3.8, 4) is 0 Å². The number of hydrogen-bond donors (Lipinski definition) is 2. The number of esters is 1. The molecule has 1 saturated heterocycles. The Morgan fingerprint density at radius 3 is 2.45 bits per heavy atom. The Bertz CT molecular complexity index is 1110. The third kappa shape index (κ3) is 8.92. The van der Waals surface area contributed by atoms with Crippen LogP contribution in [0, 0.1) is 0 Å². The van der Waals surface area contributed by atoms with Crippen LogP contribution in [0.25, 0.3) is 10.1 Å². The summed E-state index contributed by atoms with van der Waals surface area (Å²) in [5, 5.41) is 6.72. The molecule has 208 valence electrons. The third-order valence-electron chi connectivity index (χ3n) is 6.67. The fourth-order valence-corrected chi connectivity index (χ4v) is 6.26. The first-order valence-electron chi connectivity index (χ1n) is 13.6. The minimum atomic E-state index is -0.838. The standard InChI is InChI=1S/C28H38ClN3O4S2/c1-2-3-4-5-6-7-8-9-10-13-18-36-23(33)19-21-26(34)30-16-17-32(21)28(37)31-27(35)25-24(29)20-14-11-12-15-22(20)38-25/h11-12,14-15,21H,2-10,13,16-19H2,1H3,(H,30,34)(H,31,35,37). The number of fused-ring (bicyclic) bond motifs is 1. The Hall–Kier alpha value is -2.23. The summed E-state index contributed by atoms with van der Waals surface area (Å²) in [6.45, 7) is 3.31. The summed E-state index contributed by atoms with van der Waals surface area (Å²) in [6, 6.07) is 6.66. The largest absolute Gasteiger partial charge is 0.466 e. The van der Waals surface area contributed by atoms with Crippen molar-refractivity contribution in [3.63, 3.8) is 0 Å². The van der Waals surface area contributed by atoms with Crippen LogP contribution in [0.3, 0.4) is 0 Å². The molecule has 1 aliphatic rings. The number of thiophene rings is 1. The van der Waals surface area contributed by atoms with Gasteiger partial charge in [-0.1, -0.05) is 94.5 Å². The molecule has 2 amide bonds. The number of carbonyl (C=O) groups excluding carboxylic acids is 3. The fraction of sp³-hybridized carbons (Fsp3) is 0.571. The van der Waals surface area contributed by atoms with Crippen LogP contribution in [0.15, 0.2) is 24.3 Å². The molecular formula is C28H38ClN3O4S2. The Morgan fingerprint density at radius 2 is 1.76 bits per heavy atom. The summed E-state index contributed by atoms with van der Waals surface area (Å²) in [5.41, 5.74) is 0. The van der Waals surface area contributed by atoms with Gasteiger partial charge >= 0.3 is 5.97 Å². The first-order chi connectivity index (χ1) is 18.4. The van der Waals surface area contributed by atoms with Crippen molar-refractivity contribution < 1.29 is 19.1 Å². The smallest absolute Gasteiger partial charge is 0.308 e. The molecular weight excluding hydrogens is 542 g/mol. The summed E-state index contributed by atoms with van der Waals surface area (Å²) in [7, 11) is 0. The van der Waals surface area contributed by atoms with Crippen LogP contribution in [0.5, 0.6) is 0 Å². The molecule has 1 unspecified atom stereocenters. The summed E-state index contributed by atoms with van der Waals surface area (Å²) in [6.07, 6.45) is 11.9. The average Bonchev–Trinajstić information content (AvgIpc) is 3.25. The van der Waals surface area contributed by atoms with E-state index in [1.54, 1.807) is 4.90 Å². The van der Waals surface area contributed by atoms with E-state index in [-0.39, 0.29) is 17.4 Å². The van der Waals surface area contributed by atoms with Crippen LogP contribution in [0.2, 0.25) is 5.02 Å². The normalized spacial score (nSPS) is 15.4. The van der Waals surface area contributed by atoms with Gasteiger partial charge in [-0.15, -0.1) is 11.3 Å². The van der Waals surface area contributed by atoms with Crippen LogP contribution in [0.4, 0.5) is 0 Å². The molecule has 0 saturated carbocycles. The van der Waals surface area contributed by atoms with Gasteiger partial charge < -0.3 is 15.0 Å². The van der Waals surface area contributed by atoms with Crippen LogP contribution in [-0.4, -0.2) is 53.5 Å². The first-order valence-corrected chi connectivity index (χ1v) is 15.2. The van der Waals surface area contributed by atoms with Gasteiger partial charge in [0.2, 0.25) is 5.91 Å². The van der Waals surface area contributed by atoms with Gasteiger partial charge in [-0.3, -0.25) is 19.7 Å². The molecule has 7 nitrogen and oxygen atoms in total. The molecule has 0 aliphatic carbocycles. The molecule has 38 heavy (non-hydrogen) atoms. The Balaban J connectivity index is 1.42. The molecule has 0 bridgehead atoms. The van der Waals surface area contributed by atoms with E-state index in [1.165, 1.54) is 56.3 Å². The highest BCUT2D eigenvalue weighted by Crippen LogP contribution is 2.35. The second kappa shape index (κ2) is 16.0. The number of unbranched alkanes of at least 4 members (excludes halogenated alkanes) is 9. The molecule has 3 rings (SSSR count). The lowest BCUT2D eigenvalue weighted by Gasteiger charge is -2.36. The van der Waals surface area contributed by atoms with E-state index < -0.39 is 17.9 Å². The zero-order valence-electron chi connectivity index (χ0n) is 22.1. The Labute approximate surface area is 239 Å². The van der Waals surface area contributed by atoms with Gasteiger partial charge in [0.05, 0.1) is 18.1 Å². The molecule has 10 heteroatoms.